The predicted octanol–water partition coefficient (Wildman–Crippen LogP) is 5.78. The Kier molecular flexibility index (Phi) is 6.93. The second kappa shape index (κ2) is 9.64. The first kappa shape index (κ1) is 23.0. The number of halogens is 1. The number of carbonyl (C=O) groups excluding carboxylic acids is 2. The Morgan fingerprint density at radius 3 is 2.06 bits per heavy atom. The van der Waals surface area contributed by atoms with Gasteiger partial charge in [-0.3, -0.25) is 9.59 Å². The number of anilines is 2. The second-order valence-electron chi connectivity index (χ2n) is 8.57. The number of rotatable bonds is 6. The summed E-state index contributed by atoms with van der Waals surface area (Å²) in [5.41, 5.74) is 2.79. The van der Waals surface area contributed by atoms with Crippen LogP contribution in [0.15, 0.2) is 72.8 Å². The lowest BCUT2D eigenvalue weighted by atomic mass is 9.87. The maximum atomic E-state index is 13.0. The quantitative estimate of drug-likeness (QED) is 0.517. The molecule has 3 aromatic carbocycles. The molecule has 0 bridgehead atoms. The number of nitrogens with one attached hydrogen (secondary N) is 2. The number of ether oxygens (including phenoxy) is 1. The molecule has 0 saturated carbocycles. The molecular formula is C26H27FN2O3. The van der Waals surface area contributed by atoms with Gasteiger partial charge in [0.25, 0.3) is 11.8 Å². The van der Waals surface area contributed by atoms with Crippen molar-refractivity contribution in [1.82, 2.24) is 0 Å². The monoisotopic (exact) mass is 434 g/mol. The Morgan fingerprint density at radius 2 is 1.47 bits per heavy atom. The summed E-state index contributed by atoms with van der Waals surface area (Å²) in [6.07, 6.45) is -0.792. The van der Waals surface area contributed by atoms with E-state index in [2.05, 4.69) is 31.4 Å². The largest absolute Gasteiger partial charge is 0.481 e. The normalized spacial score (nSPS) is 12.0. The van der Waals surface area contributed by atoms with Crippen LogP contribution in [-0.4, -0.2) is 17.9 Å². The lowest BCUT2D eigenvalue weighted by Gasteiger charge is -2.19. The molecule has 2 amide bonds. The molecule has 5 nitrogen and oxygen atoms in total. The highest BCUT2D eigenvalue weighted by Gasteiger charge is 2.16. The van der Waals surface area contributed by atoms with Gasteiger partial charge in [0, 0.05) is 16.9 Å². The lowest BCUT2D eigenvalue weighted by Crippen LogP contribution is -2.30. The lowest BCUT2D eigenvalue weighted by molar-refractivity contribution is -0.122. The van der Waals surface area contributed by atoms with Crippen LogP contribution in [0.5, 0.6) is 5.75 Å². The van der Waals surface area contributed by atoms with Gasteiger partial charge in [-0.05, 0) is 72.5 Å². The highest BCUT2D eigenvalue weighted by atomic mass is 19.1. The zero-order chi connectivity index (χ0) is 23.3. The summed E-state index contributed by atoms with van der Waals surface area (Å²) in [6, 6.07) is 19.8. The summed E-state index contributed by atoms with van der Waals surface area (Å²) in [5.74, 6) is -0.580. The molecule has 1 atom stereocenters. The summed E-state index contributed by atoms with van der Waals surface area (Å²) in [6.45, 7) is 7.96. The number of carbonyl (C=O) groups is 2. The minimum absolute atomic E-state index is 0.0130. The van der Waals surface area contributed by atoms with Crippen molar-refractivity contribution in [3.8, 4) is 5.75 Å². The highest BCUT2D eigenvalue weighted by molar-refractivity contribution is 6.04. The van der Waals surface area contributed by atoms with Gasteiger partial charge in [-0.2, -0.15) is 0 Å². The van der Waals surface area contributed by atoms with Crippen LogP contribution in [-0.2, 0) is 10.2 Å². The molecule has 3 aromatic rings. The van der Waals surface area contributed by atoms with Crippen molar-refractivity contribution in [2.75, 3.05) is 10.6 Å². The average molecular weight is 435 g/mol. The second-order valence-corrected chi connectivity index (χ2v) is 8.57. The summed E-state index contributed by atoms with van der Waals surface area (Å²) in [4.78, 5) is 25.1. The third-order valence-electron chi connectivity index (χ3n) is 4.90. The van der Waals surface area contributed by atoms with Crippen molar-refractivity contribution < 1.29 is 18.7 Å². The molecule has 0 aromatic heterocycles. The first-order valence-corrected chi connectivity index (χ1v) is 10.4. The van der Waals surface area contributed by atoms with Crippen LogP contribution in [0.3, 0.4) is 0 Å². The number of benzene rings is 3. The molecule has 0 radical (unpaired) electrons. The standard InChI is InChI=1S/C26H27FN2O3/c1-17(32-23-14-12-20(27)13-15-23)24(30)28-21-6-5-7-22(16-21)29-25(31)18-8-10-19(11-9-18)26(2,3)4/h5-17H,1-4H3,(H,28,30)(H,29,31)/t17-/m0/s1. The molecule has 32 heavy (non-hydrogen) atoms. The smallest absolute Gasteiger partial charge is 0.265 e. The van der Waals surface area contributed by atoms with E-state index in [9.17, 15) is 14.0 Å². The molecule has 3 rings (SSSR count). The van der Waals surface area contributed by atoms with Crippen LogP contribution in [0.1, 0.15) is 43.6 Å². The van der Waals surface area contributed by atoms with Crippen molar-refractivity contribution >= 4 is 23.2 Å². The van der Waals surface area contributed by atoms with Crippen molar-refractivity contribution in [3.63, 3.8) is 0 Å². The molecule has 2 N–H and O–H groups in total. The molecule has 0 aliphatic heterocycles. The van der Waals surface area contributed by atoms with Gasteiger partial charge in [0.15, 0.2) is 6.10 Å². The predicted molar refractivity (Wildman–Crippen MR) is 125 cm³/mol. The van der Waals surface area contributed by atoms with E-state index in [0.717, 1.165) is 5.56 Å². The van der Waals surface area contributed by atoms with Crippen LogP contribution >= 0.6 is 0 Å². The van der Waals surface area contributed by atoms with Gasteiger partial charge in [-0.1, -0.05) is 39.0 Å². The van der Waals surface area contributed by atoms with Crippen molar-refractivity contribution in [1.29, 1.82) is 0 Å². The maximum absolute atomic E-state index is 13.0. The summed E-state index contributed by atoms with van der Waals surface area (Å²) in [5, 5.41) is 5.61. The van der Waals surface area contributed by atoms with Crippen LogP contribution in [0.25, 0.3) is 0 Å². The minimum atomic E-state index is -0.792. The van der Waals surface area contributed by atoms with E-state index in [4.69, 9.17) is 4.74 Å². The summed E-state index contributed by atoms with van der Waals surface area (Å²) in [7, 11) is 0. The van der Waals surface area contributed by atoms with Crippen molar-refractivity contribution in [2.24, 2.45) is 0 Å². The Hall–Kier alpha value is -3.67. The van der Waals surface area contributed by atoms with E-state index < -0.39 is 6.10 Å². The first-order chi connectivity index (χ1) is 15.1. The molecule has 0 aliphatic rings. The van der Waals surface area contributed by atoms with E-state index in [1.807, 2.05) is 12.1 Å². The molecule has 0 saturated heterocycles. The maximum Gasteiger partial charge on any atom is 0.265 e. The molecule has 0 heterocycles. The molecule has 6 heteroatoms. The third kappa shape index (κ3) is 6.17. The zero-order valence-corrected chi connectivity index (χ0v) is 18.6. The van der Waals surface area contributed by atoms with E-state index in [0.29, 0.717) is 22.7 Å². The van der Waals surface area contributed by atoms with Crippen LogP contribution in [0, 0.1) is 5.82 Å². The molecule has 0 unspecified atom stereocenters. The number of hydrogen-bond donors (Lipinski definition) is 2. The molecule has 0 fully saturated rings. The Balaban J connectivity index is 1.61. The minimum Gasteiger partial charge on any atom is -0.481 e. The van der Waals surface area contributed by atoms with Crippen molar-refractivity contribution in [3.05, 3.63) is 89.7 Å². The fourth-order valence-corrected chi connectivity index (χ4v) is 3.01. The van der Waals surface area contributed by atoms with Gasteiger partial charge in [-0.15, -0.1) is 0 Å². The third-order valence-corrected chi connectivity index (χ3v) is 4.90. The van der Waals surface area contributed by atoms with E-state index in [1.54, 1.807) is 43.3 Å². The van der Waals surface area contributed by atoms with E-state index in [1.165, 1.54) is 24.3 Å². The van der Waals surface area contributed by atoms with Gasteiger partial charge in [-0.25, -0.2) is 4.39 Å². The molecule has 0 spiro atoms. The SMILES string of the molecule is C[C@H](Oc1ccc(F)cc1)C(=O)Nc1cccc(NC(=O)c2ccc(C(C)(C)C)cc2)c1. The Labute approximate surface area is 187 Å². The van der Waals surface area contributed by atoms with Gasteiger partial charge in [0.2, 0.25) is 0 Å². The highest BCUT2D eigenvalue weighted by Crippen LogP contribution is 2.23. The number of hydrogen-bond acceptors (Lipinski definition) is 3. The molecule has 166 valence electrons. The van der Waals surface area contributed by atoms with Gasteiger partial charge in [0.1, 0.15) is 11.6 Å². The molecule has 0 aliphatic carbocycles. The van der Waals surface area contributed by atoms with Gasteiger partial charge < -0.3 is 15.4 Å². The fourth-order valence-electron chi connectivity index (χ4n) is 3.01. The average Bonchev–Trinajstić information content (AvgIpc) is 2.75. The summed E-state index contributed by atoms with van der Waals surface area (Å²) >= 11 is 0. The molecular weight excluding hydrogens is 407 g/mol. The Morgan fingerprint density at radius 1 is 0.875 bits per heavy atom. The topological polar surface area (TPSA) is 67.4 Å². The van der Waals surface area contributed by atoms with Gasteiger partial charge >= 0.3 is 0 Å². The Bertz CT molecular complexity index is 1090. The van der Waals surface area contributed by atoms with E-state index in [-0.39, 0.29) is 23.0 Å². The zero-order valence-electron chi connectivity index (χ0n) is 18.6. The first-order valence-electron chi connectivity index (χ1n) is 10.4. The van der Waals surface area contributed by atoms with E-state index >= 15 is 0 Å². The van der Waals surface area contributed by atoms with Crippen LogP contribution < -0.4 is 15.4 Å². The van der Waals surface area contributed by atoms with Crippen molar-refractivity contribution in [2.45, 2.75) is 39.2 Å². The fraction of sp³-hybridized carbons (Fsp3) is 0.231. The van der Waals surface area contributed by atoms with Crippen LogP contribution in [0.2, 0.25) is 0 Å². The number of amides is 2. The van der Waals surface area contributed by atoms with Gasteiger partial charge in [0.05, 0.1) is 0 Å². The van der Waals surface area contributed by atoms with Crippen LogP contribution in [0.4, 0.5) is 15.8 Å². The summed E-state index contributed by atoms with van der Waals surface area (Å²) < 4.78 is 18.5.